The van der Waals surface area contributed by atoms with E-state index in [9.17, 15) is 5.11 Å². The summed E-state index contributed by atoms with van der Waals surface area (Å²) in [5, 5.41) is 12.8. The largest absolute Gasteiger partial charge is 0.872 e. The molecule has 2 bridgehead atoms. The van der Waals surface area contributed by atoms with E-state index in [-0.39, 0.29) is 5.75 Å². The van der Waals surface area contributed by atoms with Gasteiger partial charge < -0.3 is 5.11 Å². The molecule has 4 atom stereocenters. The first-order valence-corrected chi connectivity index (χ1v) is 9.95. The molecule has 112 valence electrons. The summed E-state index contributed by atoms with van der Waals surface area (Å²) in [5.74, 6) is 3.60. The Morgan fingerprint density at radius 1 is 1.33 bits per heavy atom. The van der Waals surface area contributed by atoms with Crippen LogP contribution in [0.3, 0.4) is 0 Å². The van der Waals surface area contributed by atoms with Crippen molar-refractivity contribution in [3.8, 4) is 5.75 Å². The smallest absolute Gasteiger partial charge is 0.126 e. The van der Waals surface area contributed by atoms with Crippen molar-refractivity contribution in [1.82, 2.24) is 0 Å². The Labute approximate surface area is 130 Å². The zero-order chi connectivity index (χ0) is 14.4. The summed E-state index contributed by atoms with van der Waals surface area (Å²) in [6.45, 7) is 3.98. The fourth-order valence-electron chi connectivity index (χ4n) is 5.32. The molecule has 1 aromatic carbocycles. The predicted octanol–water partition coefficient (Wildman–Crippen LogP) is 3.32. The maximum absolute atomic E-state index is 11.9. The van der Waals surface area contributed by atoms with Crippen LogP contribution >= 0.6 is 0 Å². The lowest BCUT2D eigenvalue weighted by Gasteiger charge is -2.54. The fourth-order valence-corrected chi connectivity index (χ4v) is 8.24. The second-order valence-electron chi connectivity index (χ2n) is 7.02. The molecule has 1 nitrogen and oxygen atoms in total. The average molecular weight is 300 g/mol. The topological polar surface area (TPSA) is 23.1 Å². The molecule has 1 aromatic rings. The second-order valence-corrected chi connectivity index (χ2v) is 9.44. The highest BCUT2D eigenvalue weighted by atomic mass is 32.2. The van der Waals surface area contributed by atoms with Crippen LogP contribution in [0.25, 0.3) is 0 Å². The highest BCUT2D eigenvalue weighted by molar-refractivity contribution is 7.97. The van der Waals surface area contributed by atoms with Crippen molar-refractivity contribution in [2.24, 2.45) is 5.92 Å². The quantitative estimate of drug-likeness (QED) is 0.607. The van der Waals surface area contributed by atoms with E-state index >= 15 is 0 Å². The van der Waals surface area contributed by atoms with Gasteiger partial charge in [-0.2, -0.15) is 0 Å². The normalized spacial score (nSPS) is 37.4. The highest BCUT2D eigenvalue weighted by Crippen LogP contribution is 2.57. The third kappa shape index (κ3) is 1.98. The van der Waals surface area contributed by atoms with E-state index in [2.05, 4.69) is 18.7 Å². The van der Waals surface area contributed by atoms with Gasteiger partial charge in [0.1, 0.15) is 16.8 Å². The van der Waals surface area contributed by atoms with Gasteiger partial charge in [-0.15, -0.1) is 5.75 Å². The van der Waals surface area contributed by atoms with Crippen molar-refractivity contribution in [2.75, 3.05) is 11.5 Å². The molecule has 1 saturated heterocycles. The van der Waals surface area contributed by atoms with Crippen molar-refractivity contribution in [1.29, 1.82) is 0 Å². The van der Waals surface area contributed by atoms with Gasteiger partial charge >= 0.3 is 0 Å². The molecule has 0 spiro atoms. The van der Waals surface area contributed by atoms with Crippen LogP contribution in [0.2, 0.25) is 0 Å². The summed E-state index contributed by atoms with van der Waals surface area (Å²) in [4.78, 5) is 0. The van der Waals surface area contributed by atoms with Crippen molar-refractivity contribution < 1.29 is 5.11 Å². The highest BCUT2D eigenvalue weighted by Gasteiger charge is 2.58. The molecule has 3 aliphatic rings. The third-order valence-electron chi connectivity index (χ3n) is 6.16. The van der Waals surface area contributed by atoms with Gasteiger partial charge in [-0.25, -0.2) is 0 Å². The van der Waals surface area contributed by atoms with E-state index in [4.69, 9.17) is 0 Å². The number of fused-ring (bicyclic) bond motifs is 1. The van der Waals surface area contributed by atoms with Gasteiger partial charge in [0.25, 0.3) is 0 Å². The molecule has 2 heteroatoms. The van der Waals surface area contributed by atoms with Crippen molar-refractivity contribution >= 4 is 10.9 Å². The van der Waals surface area contributed by atoms with Crippen molar-refractivity contribution in [2.45, 2.75) is 49.2 Å². The average Bonchev–Trinajstić information content (AvgIpc) is 2.51. The number of hydrogen-bond acceptors (Lipinski definition) is 1. The minimum absolute atomic E-state index is 0.210. The summed E-state index contributed by atoms with van der Waals surface area (Å²) in [6, 6.07) is 5.90. The Morgan fingerprint density at radius 3 is 3.10 bits per heavy atom. The maximum atomic E-state index is 11.9. The lowest BCUT2D eigenvalue weighted by molar-refractivity contribution is -0.268. The predicted molar refractivity (Wildman–Crippen MR) is 88.9 cm³/mol. The fraction of sp³-hybridized carbons (Fsp3) is 0.579. The number of hydrogen-bond donors (Lipinski definition) is 0. The first-order chi connectivity index (χ1) is 10.2. The van der Waals surface area contributed by atoms with Crippen LogP contribution in [0.15, 0.2) is 30.9 Å². The van der Waals surface area contributed by atoms with Gasteiger partial charge in [0.2, 0.25) is 0 Å². The molecule has 0 aromatic heterocycles. The molecular weight excluding hydrogens is 276 g/mol. The molecule has 21 heavy (non-hydrogen) atoms. The summed E-state index contributed by atoms with van der Waals surface area (Å²) < 4.78 is 0. The Bertz CT molecular complexity index is 567. The molecule has 1 unspecified atom stereocenters. The van der Waals surface area contributed by atoms with Crippen molar-refractivity contribution in [3.05, 3.63) is 42.0 Å². The molecule has 1 aliphatic heterocycles. The zero-order valence-electron chi connectivity index (χ0n) is 12.6. The van der Waals surface area contributed by atoms with Gasteiger partial charge in [0.05, 0.1) is 0 Å². The van der Waals surface area contributed by atoms with Crippen LogP contribution in [-0.4, -0.2) is 16.8 Å². The molecule has 4 rings (SSSR count). The molecule has 2 aliphatic carbocycles. The summed E-state index contributed by atoms with van der Waals surface area (Å²) >= 11 is 0. The Morgan fingerprint density at radius 2 is 2.24 bits per heavy atom. The zero-order valence-corrected chi connectivity index (χ0v) is 13.5. The Balaban J connectivity index is 1.83. The van der Waals surface area contributed by atoms with E-state index in [1.165, 1.54) is 61.2 Å². The molecule has 2 fully saturated rings. The number of rotatable bonds is 2. The lowest BCUT2D eigenvalue weighted by atomic mass is 9.55. The molecule has 1 saturated carbocycles. The maximum Gasteiger partial charge on any atom is 0.126 e. The lowest BCUT2D eigenvalue weighted by Crippen LogP contribution is -2.57. The first-order valence-electron chi connectivity index (χ1n) is 8.32. The van der Waals surface area contributed by atoms with E-state index in [1.807, 2.05) is 6.07 Å². The Hall–Kier alpha value is -0.890. The van der Waals surface area contributed by atoms with Gasteiger partial charge in [-0.3, -0.25) is 0 Å². The van der Waals surface area contributed by atoms with E-state index < -0.39 is 0 Å². The van der Waals surface area contributed by atoms with Crippen LogP contribution in [0, 0.1) is 5.92 Å². The van der Waals surface area contributed by atoms with Crippen LogP contribution in [0.4, 0.5) is 0 Å². The molecule has 0 N–H and O–H groups in total. The minimum atomic E-state index is 0.210. The standard InChI is InChI=1S/C19H24OS/c1-2-10-21-11-9-19-8-4-3-5-16(19)18(21)12-14-6-7-15(20)13-17(14)19/h2,6-7,13,16,18H,1,3-5,8-12H2/t16-,18-,19-,21?/m0/s1. The molecule has 1 heterocycles. The van der Waals surface area contributed by atoms with Crippen LogP contribution < -0.4 is 5.11 Å². The third-order valence-corrected chi connectivity index (χ3v) is 8.90. The summed E-state index contributed by atoms with van der Waals surface area (Å²) in [6.07, 6.45) is 10.1. The van der Waals surface area contributed by atoms with Gasteiger partial charge in [0, 0.05) is 24.2 Å². The van der Waals surface area contributed by atoms with Crippen LogP contribution in [-0.2, 0) is 22.7 Å². The van der Waals surface area contributed by atoms with Crippen LogP contribution in [0.1, 0.15) is 43.2 Å². The number of benzene rings is 1. The SMILES string of the molecule is C=CC[S+]1CC[C@@]23CCCC[C@H]2[C@@H]1Cc1ccc([O-])cc13. The molecular formula is C19H24OS. The van der Waals surface area contributed by atoms with E-state index in [1.54, 1.807) is 6.07 Å². The summed E-state index contributed by atoms with van der Waals surface area (Å²) in [7, 11) is 0.516. The molecule has 0 amide bonds. The second kappa shape index (κ2) is 5.08. The first kappa shape index (κ1) is 13.8. The minimum Gasteiger partial charge on any atom is -0.872 e. The van der Waals surface area contributed by atoms with Gasteiger partial charge in [-0.05, 0) is 40.9 Å². The van der Waals surface area contributed by atoms with Crippen molar-refractivity contribution in [3.63, 3.8) is 0 Å². The monoisotopic (exact) mass is 300 g/mol. The van der Waals surface area contributed by atoms with E-state index in [0.717, 1.165) is 11.2 Å². The van der Waals surface area contributed by atoms with E-state index in [0.29, 0.717) is 16.3 Å². The van der Waals surface area contributed by atoms with Crippen LogP contribution in [0.5, 0.6) is 5.75 Å². The van der Waals surface area contributed by atoms with Gasteiger partial charge in [0.15, 0.2) is 0 Å². The molecule has 0 radical (unpaired) electrons. The van der Waals surface area contributed by atoms with Gasteiger partial charge in [-0.1, -0.05) is 37.6 Å². The Kier molecular flexibility index (Phi) is 3.33. The summed E-state index contributed by atoms with van der Waals surface area (Å²) in [5.41, 5.74) is 3.28.